The Labute approximate surface area is 78.9 Å². The van der Waals surface area contributed by atoms with Crippen LogP contribution in [0, 0.1) is 0 Å². The van der Waals surface area contributed by atoms with E-state index < -0.39 is 12.2 Å². The van der Waals surface area contributed by atoms with Crippen LogP contribution in [-0.4, -0.2) is 6.17 Å². The van der Waals surface area contributed by atoms with Crippen LogP contribution < -0.4 is 5.73 Å². The smallest absolute Gasteiger partial charge is 0.123 e. The van der Waals surface area contributed by atoms with Gasteiger partial charge in [0, 0.05) is 10.9 Å². The van der Waals surface area contributed by atoms with Crippen molar-refractivity contribution < 1.29 is 4.39 Å². The highest BCUT2D eigenvalue weighted by atomic mass is 79.9. The van der Waals surface area contributed by atoms with Gasteiger partial charge in [-0.1, -0.05) is 22.0 Å². The Hall–Kier alpha value is -0.410. The molecule has 0 bridgehead atoms. The van der Waals surface area contributed by atoms with Crippen molar-refractivity contribution >= 4 is 15.9 Å². The Balaban J connectivity index is 2.47. The largest absolute Gasteiger partial charge is 0.322 e. The van der Waals surface area contributed by atoms with Gasteiger partial charge in [-0.25, -0.2) is 4.39 Å². The van der Waals surface area contributed by atoms with E-state index in [0.717, 1.165) is 15.6 Å². The lowest BCUT2D eigenvalue weighted by molar-refractivity contribution is 0.303. The molecule has 64 valence electrons. The molecule has 2 unspecified atom stereocenters. The van der Waals surface area contributed by atoms with Gasteiger partial charge in [0.25, 0.3) is 0 Å². The van der Waals surface area contributed by atoms with Crippen LogP contribution in [-0.2, 0) is 6.42 Å². The minimum atomic E-state index is -0.908. The molecule has 0 aromatic heterocycles. The van der Waals surface area contributed by atoms with Gasteiger partial charge in [-0.15, -0.1) is 0 Å². The molecule has 1 nitrogen and oxygen atoms in total. The van der Waals surface area contributed by atoms with E-state index in [1.54, 1.807) is 0 Å². The number of hydrogen-bond donors (Lipinski definition) is 1. The molecule has 0 saturated heterocycles. The van der Waals surface area contributed by atoms with Crippen molar-refractivity contribution in [1.82, 2.24) is 0 Å². The fourth-order valence-electron chi connectivity index (χ4n) is 1.61. The lowest BCUT2D eigenvalue weighted by Crippen LogP contribution is -2.17. The first-order chi connectivity index (χ1) is 5.68. The van der Waals surface area contributed by atoms with Gasteiger partial charge < -0.3 is 5.73 Å². The first kappa shape index (κ1) is 8.20. The van der Waals surface area contributed by atoms with Crippen molar-refractivity contribution in [2.24, 2.45) is 5.73 Å². The van der Waals surface area contributed by atoms with Gasteiger partial charge in [-0.2, -0.15) is 0 Å². The van der Waals surface area contributed by atoms with E-state index in [9.17, 15) is 4.39 Å². The molecule has 0 spiro atoms. The predicted molar refractivity (Wildman–Crippen MR) is 49.7 cm³/mol. The molecule has 2 N–H and O–H groups in total. The molecule has 1 aliphatic carbocycles. The summed E-state index contributed by atoms with van der Waals surface area (Å²) in [6.45, 7) is 0. The molecule has 3 heteroatoms. The fraction of sp³-hybridized carbons (Fsp3) is 0.333. The molecule has 0 fully saturated rings. The Bertz CT molecular complexity index is 313. The zero-order valence-electron chi connectivity index (χ0n) is 6.43. The van der Waals surface area contributed by atoms with Crippen molar-refractivity contribution in [3.63, 3.8) is 0 Å². The van der Waals surface area contributed by atoms with Crippen molar-refractivity contribution in [1.29, 1.82) is 0 Å². The summed E-state index contributed by atoms with van der Waals surface area (Å²) in [4.78, 5) is 0. The van der Waals surface area contributed by atoms with Crippen LogP contribution in [0.5, 0.6) is 0 Å². The summed E-state index contributed by atoms with van der Waals surface area (Å²) in [6, 6.07) is 5.31. The maximum atomic E-state index is 13.1. The van der Waals surface area contributed by atoms with Crippen molar-refractivity contribution in [2.45, 2.75) is 18.6 Å². The molecule has 1 aliphatic rings. The number of alkyl halides is 1. The number of rotatable bonds is 0. The van der Waals surface area contributed by atoms with Crippen LogP contribution >= 0.6 is 15.9 Å². The first-order valence-electron chi connectivity index (χ1n) is 3.86. The summed E-state index contributed by atoms with van der Waals surface area (Å²) in [7, 11) is 0. The van der Waals surface area contributed by atoms with Crippen LogP contribution in [0.1, 0.15) is 17.2 Å². The maximum absolute atomic E-state index is 13.1. The normalized spacial score (nSPS) is 27.2. The minimum absolute atomic E-state index is 0.423. The van der Waals surface area contributed by atoms with Crippen molar-refractivity contribution in [2.75, 3.05) is 0 Å². The Morgan fingerprint density at radius 1 is 1.50 bits per heavy atom. The molecular weight excluding hydrogens is 221 g/mol. The van der Waals surface area contributed by atoms with Gasteiger partial charge in [0.2, 0.25) is 0 Å². The Kier molecular flexibility index (Phi) is 1.93. The zero-order chi connectivity index (χ0) is 8.72. The minimum Gasteiger partial charge on any atom is -0.322 e. The molecular formula is C9H9BrFN. The van der Waals surface area contributed by atoms with Gasteiger partial charge in [-0.3, -0.25) is 0 Å². The van der Waals surface area contributed by atoms with E-state index in [0.29, 0.717) is 6.42 Å². The second-order valence-corrected chi connectivity index (χ2v) is 4.00. The topological polar surface area (TPSA) is 26.0 Å². The van der Waals surface area contributed by atoms with Gasteiger partial charge in [0.1, 0.15) is 6.17 Å². The number of fused-ring (bicyclic) bond motifs is 1. The summed E-state index contributed by atoms with van der Waals surface area (Å²) in [5.74, 6) is 0. The molecule has 1 aromatic rings. The second-order valence-electron chi connectivity index (χ2n) is 3.09. The molecule has 2 atom stereocenters. The molecule has 0 saturated carbocycles. The standard InChI is InChI=1S/C9H9BrFN/c10-6-1-2-7-5(3-6)4-8(11)9(7)12/h1-3,8-9H,4,12H2. The molecule has 2 rings (SSSR count). The van der Waals surface area contributed by atoms with Crippen LogP contribution in [0.25, 0.3) is 0 Å². The summed E-state index contributed by atoms with van der Waals surface area (Å²) in [6.07, 6.45) is -0.454. The summed E-state index contributed by atoms with van der Waals surface area (Å²) < 4.78 is 14.1. The van der Waals surface area contributed by atoms with Gasteiger partial charge in [0.15, 0.2) is 0 Å². The highest BCUT2D eigenvalue weighted by molar-refractivity contribution is 9.10. The maximum Gasteiger partial charge on any atom is 0.123 e. The van der Waals surface area contributed by atoms with Gasteiger partial charge in [-0.05, 0) is 23.3 Å². The third-order valence-electron chi connectivity index (χ3n) is 2.27. The SMILES string of the molecule is NC1c2ccc(Br)cc2CC1F. The van der Waals surface area contributed by atoms with Crippen LogP contribution in [0.2, 0.25) is 0 Å². The van der Waals surface area contributed by atoms with E-state index in [4.69, 9.17) is 5.73 Å². The second kappa shape index (κ2) is 2.82. The highest BCUT2D eigenvalue weighted by Crippen LogP contribution is 2.33. The van der Waals surface area contributed by atoms with E-state index in [1.807, 2.05) is 18.2 Å². The molecule has 12 heavy (non-hydrogen) atoms. The quantitative estimate of drug-likeness (QED) is 0.727. The fourth-order valence-corrected chi connectivity index (χ4v) is 2.02. The van der Waals surface area contributed by atoms with Gasteiger partial charge >= 0.3 is 0 Å². The number of benzene rings is 1. The van der Waals surface area contributed by atoms with E-state index in [1.165, 1.54) is 0 Å². The average Bonchev–Trinajstić information content (AvgIpc) is 2.28. The molecule has 0 aliphatic heterocycles. The zero-order valence-corrected chi connectivity index (χ0v) is 8.01. The lowest BCUT2D eigenvalue weighted by atomic mass is 10.1. The third kappa shape index (κ3) is 1.17. The molecule has 0 radical (unpaired) electrons. The monoisotopic (exact) mass is 229 g/mol. The van der Waals surface area contributed by atoms with E-state index in [-0.39, 0.29) is 0 Å². The third-order valence-corrected chi connectivity index (χ3v) is 2.76. The van der Waals surface area contributed by atoms with Gasteiger partial charge in [0.05, 0.1) is 6.04 Å². The van der Waals surface area contributed by atoms with Crippen LogP contribution in [0.15, 0.2) is 22.7 Å². The number of nitrogens with two attached hydrogens (primary N) is 1. The van der Waals surface area contributed by atoms with Crippen LogP contribution in [0.4, 0.5) is 4.39 Å². The summed E-state index contributed by atoms with van der Waals surface area (Å²) in [5, 5.41) is 0. The summed E-state index contributed by atoms with van der Waals surface area (Å²) >= 11 is 3.34. The summed E-state index contributed by atoms with van der Waals surface area (Å²) in [5.41, 5.74) is 7.63. The Morgan fingerprint density at radius 2 is 2.25 bits per heavy atom. The van der Waals surface area contributed by atoms with Crippen molar-refractivity contribution in [3.05, 3.63) is 33.8 Å². The highest BCUT2D eigenvalue weighted by Gasteiger charge is 2.29. The molecule has 1 aromatic carbocycles. The van der Waals surface area contributed by atoms with Crippen molar-refractivity contribution in [3.8, 4) is 0 Å². The lowest BCUT2D eigenvalue weighted by Gasteiger charge is -2.05. The first-order valence-corrected chi connectivity index (χ1v) is 4.66. The predicted octanol–water partition coefficient (Wildman–Crippen LogP) is 2.34. The Morgan fingerprint density at radius 3 is 3.00 bits per heavy atom. The van der Waals surface area contributed by atoms with Crippen LogP contribution in [0.3, 0.4) is 0 Å². The number of halogens is 2. The average molecular weight is 230 g/mol. The molecule has 0 amide bonds. The van der Waals surface area contributed by atoms with E-state index in [2.05, 4.69) is 15.9 Å². The number of hydrogen-bond acceptors (Lipinski definition) is 1. The van der Waals surface area contributed by atoms with E-state index >= 15 is 0 Å². The molecule has 0 heterocycles.